The predicted molar refractivity (Wildman–Crippen MR) is 65.1 cm³/mol. The van der Waals surface area contributed by atoms with Gasteiger partial charge in [0.05, 0.1) is 6.61 Å². The van der Waals surface area contributed by atoms with E-state index in [0.717, 1.165) is 30.2 Å². The third-order valence-electron chi connectivity index (χ3n) is 3.30. The van der Waals surface area contributed by atoms with Crippen molar-refractivity contribution in [1.29, 1.82) is 0 Å². The van der Waals surface area contributed by atoms with Gasteiger partial charge in [0.15, 0.2) is 4.77 Å². The molecule has 1 aromatic heterocycles. The summed E-state index contributed by atoms with van der Waals surface area (Å²) in [5.74, 6) is 1.99. The highest BCUT2D eigenvalue weighted by Crippen LogP contribution is 2.28. The summed E-state index contributed by atoms with van der Waals surface area (Å²) in [4.78, 5) is 0. The lowest BCUT2D eigenvalue weighted by Crippen LogP contribution is -2.19. The number of rotatable bonds is 3. The molecule has 0 bridgehead atoms. The predicted octanol–water partition coefficient (Wildman–Crippen LogP) is 2.66. The van der Waals surface area contributed by atoms with Crippen LogP contribution in [0.3, 0.4) is 0 Å². The minimum Gasteiger partial charge on any atom is -0.381 e. The molecule has 2 unspecified atom stereocenters. The average molecular weight is 241 g/mol. The maximum atomic E-state index is 5.44. The van der Waals surface area contributed by atoms with E-state index in [1.54, 1.807) is 0 Å². The minimum absolute atomic E-state index is 0.367. The number of ether oxygens (including phenoxy) is 1. The molecule has 0 aromatic carbocycles. The Morgan fingerprint density at radius 1 is 1.50 bits per heavy atom. The number of nitrogens with zero attached hydrogens (tertiary/aromatic N) is 2. The molecule has 1 aromatic rings. The molecule has 1 aliphatic heterocycles. The zero-order chi connectivity index (χ0) is 11.7. The molecule has 0 radical (unpaired) electrons. The van der Waals surface area contributed by atoms with E-state index in [1.807, 2.05) is 0 Å². The van der Waals surface area contributed by atoms with Gasteiger partial charge in [-0.2, -0.15) is 5.10 Å². The van der Waals surface area contributed by atoms with E-state index in [4.69, 9.17) is 17.0 Å². The van der Waals surface area contributed by atoms with Crippen LogP contribution >= 0.6 is 12.2 Å². The lowest BCUT2D eigenvalue weighted by atomic mass is 10.00. The highest BCUT2D eigenvalue weighted by Gasteiger charge is 2.26. The monoisotopic (exact) mass is 241 g/mol. The first-order valence-corrected chi connectivity index (χ1v) is 6.26. The standard InChI is InChI=1S/C11H19N3OS/c1-7(2)10-12-13-11(16)14(10)8(3)9-4-5-15-6-9/h7-9H,4-6H2,1-3H3,(H,13,16). The topological polar surface area (TPSA) is 42.8 Å². The maximum Gasteiger partial charge on any atom is 0.195 e. The zero-order valence-corrected chi connectivity index (χ0v) is 10.9. The molecule has 1 saturated heterocycles. The van der Waals surface area contributed by atoms with Crippen molar-refractivity contribution in [3.63, 3.8) is 0 Å². The number of aromatic nitrogens is 3. The summed E-state index contributed by atoms with van der Waals surface area (Å²) in [5, 5.41) is 7.21. The smallest absolute Gasteiger partial charge is 0.195 e. The minimum atomic E-state index is 0.367. The Hall–Kier alpha value is -0.680. The van der Waals surface area contributed by atoms with Crippen molar-refractivity contribution in [2.75, 3.05) is 13.2 Å². The van der Waals surface area contributed by atoms with Gasteiger partial charge in [-0.05, 0) is 25.6 Å². The first-order chi connectivity index (χ1) is 7.61. The van der Waals surface area contributed by atoms with Gasteiger partial charge in [0.25, 0.3) is 0 Å². The Bertz CT molecular complexity index is 404. The lowest BCUT2D eigenvalue weighted by molar-refractivity contribution is 0.174. The van der Waals surface area contributed by atoms with Crippen molar-refractivity contribution < 1.29 is 4.74 Å². The Morgan fingerprint density at radius 3 is 2.81 bits per heavy atom. The second kappa shape index (κ2) is 4.67. The zero-order valence-electron chi connectivity index (χ0n) is 10.1. The van der Waals surface area contributed by atoms with Gasteiger partial charge in [0.2, 0.25) is 0 Å². The molecular formula is C11H19N3OS. The summed E-state index contributed by atoms with van der Waals surface area (Å²) in [6.07, 6.45) is 1.12. The van der Waals surface area contributed by atoms with E-state index in [9.17, 15) is 0 Å². The second-order valence-electron chi connectivity index (χ2n) is 4.78. The van der Waals surface area contributed by atoms with Crippen LogP contribution in [0.2, 0.25) is 0 Å². The van der Waals surface area contributed by atoms with Gasteiger partial charge in [-0.15, -0.1) is 0 Å². The van der Waals surface area contributed by atoms with Gasteiger partial charge >= 0.3 is 0 Å². The fraction of sp³-hybridized carbons (Fsp3) is 0.818. The van der Waals surface area contributed by atoms with Gasteiger partial charge in [-0.25, -0.2) is 0 Å². The molecule has 1 N–H and O–H groups in total. The largest absolute Gasteiger partial charge is 0.381 e. The number of nitrogens with one attached hydrogen (secondary N) is 1. The first-order valence-electron chi connectivity index (χ1n) is 5.85. The van der Waals surface area contributed by atoms with E-state index in [-0.39, 0.29) is 0 Å². The van der Waals surface area contributed by atoms with Crippen molar-refractivity contribution in [3.05, 3.63) is 10.6 Å². The lowest BCUT2D eigenvalue weighted by Gasteiger charge is -2.21. The van der Waals surface area contributed by atoms with Crippen molar-refractivity contribution >= 4 is 12.2 Å². The van der Waals surface area contributed by atoms with E-state index in [1.165, 1.54) is 0 Å². The summed E-state index contributed by atoms with van der Waals surface area (Å²) in [6, 6.07) is 0.367. The Balaban J connectivity index is 2.30. The molecule has 90 valence electrons. The number of H-pyrrole nitrogens is 1. The molecule has 0 aliphatic carbocycles. The van der Waals surface area contributed by atoms with Gasteiger partial charge < -0.3 is 9.30 Å². The molecule has 2 atom stereocenters. The van der Waals surface area contributed by atoms with Crippen LogP contribution in [0.1, 0.15) is 45.0 Å². The van der Waals surface area contributed by atoms with E-state index >= 15 is 0 Å². The molecule has 2 rings (SSSR count). The molecule has 1 aliphatic rings. The third kappa shape index (κ3) is 2.06. The third-order valence-corrected chi connectivity index (χ3v) is 3.59. The van der Waals surface area contributed by atoms with Crippen molar-refractivity contribution in [2.45, 2.75) is 39.2 Å². The Morgan fingerprint density at radius 2 is 2.25 bits per heavy atom. The summed E-state index contributed by atoms with van der Waals surface area (Å²) in [5.41, 5.74) is 0. The van der Waals surface area contributed by atoms with Crippen LogP contribution in [-0.2, 0) is 4.74 Å². The fourth-order valence-corrected chi connectivity index (χ4v) is 2.57. The van der Waals surface area contributed by atoms with E-state index in [0.29, 0.717) is 17.9 Å². The molecule has 4 nitrogen and oxygen atoms in total. The van der Waals surface area contributed by atoms with Crippen LogP contribution in [-0.4, -0.2) is 28.0 Å². The van der Waals surface area contributed by atoms with Crippen LogP contribution in [0.15, 0.2) is 0 Å². The SMILES string of the molecule is CC(C)c1n[nH]c(=S)n1C(C)C1CCOC1. The number of aromatic amines is 1. The number of hydrogen-bond acceptors (Lipinski definition) is 3. The summed E-state index contributed by atoms with van der Waals surface area (Å²) < 4.78 is 8.32. The Kier molecular flexibility index (Phi) is 3.44. The second-order valence-corrected chi connectivity index (χ2v) is 5.16. The van der Waals surface area contributed by atoms with Crippen LogP contribution < -0.4 is 0 Å². The van der Waals surface area contributed by atoms with Crippen LogP contribution in [0.4, 0.5) is 0 Å². The van der Waals surface area contributed by atoms with Gasteiger partial charge in [-0.3, -0.25) is 5.10 Å². The highest BCUT2D eigenvalue weighted by molar-refractivity contribution is 7.71. The quantitative estimate of drug-likeness (QED) is 0.827. The van der Waals surface area contributed by atoms with Crippen molar-refractivity contribution in [1.82, 2.24) is 14.8 Å². The molecule has 0 saturated carbocycles. The van der Waals surface area contributed by atoms with Gasteiger partial charge in [0, 0.05) is 24.5 Å². The van der Waals surface area contributed by atoms with Crippen LogP contribution in [0, 0.1) is 10.7 Å². The van der Waals surface area contributed by atoms with E-state index < -0.39 is 0 Å². The molecule has 2 heterocycles. The van der Waals surface area contributed by atoms with Crippen LogP contribution in [0.25, 0.3) is 0 Å². The van der Waals surface area contributed by atoms with Gasteiger partial charge in [0.1, 0.15) is 5.82 Å². The fourth-order valence-electron chi connectivity index (χ4n) is 2.26. The van der Waals surface area contributed by atoms with Crippen molar-refractivity contribution in [2.24, 2.45) is 5.92 Å². The summed E-state index contributed by atoms with van der Waals surface area (Å²) in [6.45, 7) is 8.19. The van der Waals surface area contributed by atoms with Crippen LogP contribution in [0.5, 0.6) is 0 Å². The molecule has 1 fully saturated rings. The molecule has 0 spiro atoms. The average Bonchev–Trinajstić information content (AvgIpc) is 2.84. The maximum absolute atomic E-state index is 5.44. The molecule has 0 amide bonds. The molecular weight excluding hydrogens is 222 g/mol. The normalized spacial score (nSPS) is 22.9. The molecule has 5 heteroatoms. The molecule has 16 heavy (non-hydrogen) atoms. The van der Waals surface area contributed by atoms with Crippen molar-refractivity contribution in [3.8, 4) is 0 Å². The van der Waals surface area contributed by atoms with E-state index in [2.05, 4.69) is 35.5 Å². The van der Waals surface area contributed by atoms with Gasteiger partial charge in [-0.1, -0.05) is 13.8 Å². The number of hydrogen-bond donors (Lipinski definition) is 1. The highest BCUT2D eigenvalue weighted by atomic mass is 32.1. The Labute approximate surface area is 101 Å². The summed E-state index contributed by atoms with van der Waals surface area (Å²) in [7, 11) is 0. The summed E-state index contributed by atoms with van der Waals surface area (Å²) >= 11 is 5.31. The first kappa shape index (κ1) is 11.8.